The molecule has 0 spiro atoms. The first-order valence-electron chi connectivity index (χ1n) is 9.44. The van der Waals surface area contributed by atoms with Gasteiger partial charge in [0.15, 0.2) is 5.65 Å². The smallest absolute Gasteiger partial charge is 0.298 e. The second-order valence-corrected chi connectivity index (χ2v) is 7.08. The summed E-state index contributed by atoms with van der Waals surface area (Å²) in [5, 5.41) is 2.82. The van der Waals surface area contributed by atoms with Crippen molar-refractivity contribution in [2.24, 2.45) is 13.0 Å². The lowest BCUT2D eigenvalue weighted by atomic mass is 9.83. The van der Waals surface area contributed by atoms with Gasteiger partial charge >= 0.3 is 0 Å². The molecule has 1 aliphatic rings. The van der Waals surface area contributed by atoms with Gasteiger partial charge in [0, 0.05) is 26.1 Å². The van der Waals surface area contributed by atoms with E-state index in [0.29, 0.717) is 37.6 Å². The fourth-order valence-corrected chi connectivity index (χ4v) is 3.18. The van der Waals surface area contributed by atoms with Gasteiger partial charge in [0.1, 0.15) is 5.52 Å². The van der Waals surface area contributed by atoms with Crippen molar-refractivity contribution in [3.63, 3.8) is 0 Å². The molecule has 2 aromatic heterocycles. The van der Waals surface area contributed by atoms with Crippen LogP contribution in [0.1, 0.15) is 33.6 Å². The quantitative estimate of drug-likeness (QED) is 0.721. The van der Waals surface area contributed by atoms with Gasteiger partial charge in [-0.25, -0.2) is 0 Å². The Morgan fingerprint density at radius 3 is 2.81 bits per heavy atom. The maximum Gasteiger partial charge on any atom is 0.298 e. The predicted octanol–water partition coefficient (Wildman–Crippen LogP) is 2.07. The summed E-state index contributed by atoms with van der Waals surface area (Å²) in [7, 11) is 1.88. The molecular weight excluding hydrogens is 348 g/mol. The molecule has 0 bridgehead atoms. The Balaban J connectivity index is 1.43. The van der Waals surface area contributed by atoms with Gasteiger partial charge in [-0.3, -0.25) is 9.36 Å². The van der Waals surface area contributed by atoms with E-state index in [1.165, 1.54) is 6.92 Å². The second kappa shape index (κ2) is 8.56. The number of imidazole rings is 1. The van der Waals surface area contributed by atoms with Crippen molar-refractivity contribution in [3.05, 3.63) is 12.1 Å². The van der Waals surface area contributed by atoms with Crippen molar-refractivity contribution >= 4 is 17.1 Å². The Morgan fingerprint density at radius 2 is 2.11 bits per heavy atom. The van der Waals surface area contributed by atoms with Gasteiger partial charge < -0.3 is 19.5 Å². The number of carbonyl (C=O) groups is 1. The van der Waals surface area contributed by atoms with Crippen molar-refractivity contribution < 1.29 is 19.0 Å². The van der Waals surface area contributed by atoms with Gasteiger partial charge in [0.2, 0.25) is 11.8 Å². The van der Waals surface area contributed by atoms with E-state index in [4.69, 9.17) is 14.2 Å². The van der Waals surface area contributed by atoms with Crippen molar-refractivity contribution in [2.45, 2.75) is 45.8 Å². The largest absolute Gasteiger partial charge is 0.477 e. The Kier molecular flexibility index (Phi) is 6.15. The van der Waals surface area contributed by atoms with Crippen LogP contribution in [0.3, 0.4) is 0 Å². The molecule has 1 fully saturated rings. The summed E-state index contributed by atoms with van der Waals surface area (Å²) in [6.45, 7) is 7.11. The molecule has 0 unspecified atom stereocenters. The lowest BCUT2D eigenvalue weighted by Gasteiger charge is -2.35. The molecule has 1 amide bonds. The van der Waals surface area contributed by atoms with Crippen LogP contribution in [0.4, 0.5) is 0 Å². The molecule has 1 N–H and O–H groups in total. The molecule has 0 aliphatic heterocycles. The van der Waals surface area contributed by atoms with E-state index >= 15 is 0 Å². The van der Waals surface area contributed by atoms with E-state index in [1.54, 1.807) is 0 Å². The molecule has 2 heterocycles. The number of hydrogen-bond donors (Lipinski definition) is 1. The maximum absolute atomic E-state index is 11.0. The van der Waals surface area contributed by atoms with Gasteiger partial charge in [0.05, 0.1) is 25.9 Å². The molecule has 0 radical (unpaired) electrons. The third-order valence-electron chi connectivity index (χ3n) is 4.61. The van der Waals surface area contributed by atoms with Crippen LogP contribution in [0, 0.1) is 5.92 Å². The summed E-state index contributed by atoms with van der Waals surface area (Å²) in [4.78, 5) is 19.9. The van der Waals surface area contributed by atoms with Gasteiger partial charge in [-0.05, 0) is 38.7 Å². The van der Waals surface area contributed by atoms with E-state index in [9.17, 15) is 4.79 Å². The lowest BCUT2D eigenvalue weighted by Crippen LogP contribution is -2.40. The second-order valence-electron chi connectivity index (χ2n) is 7.08. The highest BCUT2D eigenvalue weighted by Gasteiger charge is 2.31. The summed E-state index contributed by atoms with van der Waals surface area (Å²) in [6.07, 6.45) is 2.18. The average Bonchev–Trinajstić information content (AvgIpc) is 2.88. The van der Waals surface area contributed by atoms with Crippen LogP contribution in [0.25, 0.3) is 11.2 Å². The highest BCUT2D eigenvalue weighted by atomic mass is 16.5. The van der Waals surface area contributed by atoms with Gasteiger partial charge in [-0.2, -0.15) is 9.97 Å². The number of aromatic nitrogens is 3. The van der Waals surface area contributed by atoms with Crippen LogP contribution < -0.4 is 14.8 Å². The Labute approximate surface area is 159 Å². The van der Waals surface area contributed by atoms with Gasteiger partial charge in [-0.15, -0.1) is 0 Å². The standard InChI is InChI=1S/C19H28N4O4/c1-5-25-19-21-16-6-7-17(22-18(16)23(19)4)27-11-14-8-15(9-14)26-10-12(2)20-13(3)24/h6-7,12,14-15H,5,8-11H2,1-4H3,(H,20,24)/t12-,14-,15+/m0/s1. The van der Waals surface area contributed by atoms with Gasteiger partial charge in [0.25, 0.3) is 6.01 Å². The van der Waals surface area contributed by atoms with Crippen molar-refractivity contribution in [1.29, 1.82) is 0 Å². The Hall–Kier alpha value is -2.35. The molecule has 8 heteroatoms. The number of nitrogens with zero attached hydrogens (tertiary/aromatic N) is 3. The van der Waals surface area contributed by atoms with Gasteiger partial charge in [-0.1, -0.05) is 0 Å². The minimum absolute atomic E-state index is 0.0303. The summed E-state index contributed by atoms with van der Waals surface area (Å²) in [5.74, 6) is 1.03. The monoisotopic (exact) mass is 376 g/mol. The Bertz CT molecular complexity index is 785. The molecule has 3 rings (SSSR count). The number of rotatable bonds is 9. The highest BCUT2D eigenvalue weighted by molar-refractivity contribution is 5.73. The topological polar surface area (TPSA) is 87.5 Å². The zero-order valence-corrected chi connectivity index (χ0v) is 16.4. The van der Waals surface area contributed by atoms with Crippen LogP contribution in [0.2, 0.25) is 0 Å². The van der Waals surface area contributed by atoms with E-state index < -0.39 is 0 Å². The molecule has 8 nitrogen and oxygen atoms in total. The SMILES string of the molecule is CCOc1nc2ccc(OC[C@H]3C[C@@H](OC[C@H](C)NC(C)=O)C3)nc2n1C. The number of pyridine rings is 1. The number of nitrogens with one attached hydrogen (secondary N) is 1. The number of carbonyl (C=O) groups excluding carboxylic acids is 1. The molecule has 2 aromatic rings. The minimum Gasteiger partial charge on any atom is -0.477 e. The van der Waals surface area contributed by atoms with Crippen LogP contribution in [-0.4, -0.2) is 52.4 Å². The molecule has 1 atom stereocenters. The fourth-order valence-electron chi connectivity index (χ4n) is 3.18. The molecule has 27 heavy (non-hydrogen) atoms. The van der Waals surface area contributed by atoms with E-state index in [2.05, 4.69) is 15.3 Å². The van der Waals surface area contributed by atoms with Crippen LogP contribution in [0.15, 0.2) is 12.1 Å². The zero-order chi connectivity index (χ0) is 19.4. The molecular formula is C19H28N4O4. The molecule has 1 aliphatic carbocycles. The summed E-state index contributed by atoms with van der Waals surface area (Å²) in [5.41, 5.74) is 1.54. The Morgan fingerprint density at radius 1 is 1.33 bits per heavy atom. The number of aryl methyl sites for hydroxylation is 1. The van der Waals surface area contributed by atoms with E-state index in [0.717, 1.165) is 24.0 Å². The van der Waals surface area contributed by atoms with Crippen molar-refractivity contribution in [2.75, 3.05) is 19.8 Å². The molecule has 0 saturated heterocycles. The number of fused-ring (bicyclic) bond motifs is 1. The third-order valence-corrected chi connectivity index (χ3v) is 4.61. The molecule has 148 valence electrons. The highest BCUT2D eigenvalue weighted by Crippen LogP contribution is 2.31. The zero-order valence-electron chi connectivity index (χ0n) is 16.4. The molecule has 0 aromatic carbocycles. The summed E-state index contributed by atoms with van der Waals surface area (Å²) in [6, 6.07) is 4.34. The number of hydrogen-bond acceptors (Lipinski definition) is 6. The first kappa shape index (κ1) is 19.4. The molecule has 1 saturated carbocycles. The minimum atomic E-state index is -0.0303. The summed E-state index contributed by atoms with van der Waals surface area (Å²) < 4.78 is 19.0. The summed E-state index contributed by atoms with van der Waals surface area (Å²) >= 11 is 0. The average molecular weight is 376 g/mol. The normalized spacial score (nSPS) is 20.1. The van der Waals surface area contributed by atoms with Crippen LogP contribution >= 0.6 is 0 Å². The van der Waals surface area contributed by atoms with E-state index in [-0.39, 0.29) is 18.1 Å². The predicted molar refractivity (Wildman–Crippen MR) is 101 cm³/mol. The first-order chi connectivity index (χ1) is 13.0. The van der Waals surface area contributed by atoms with E-state index in [1.807, 2.05) is 37.6 Å². The van der Waals surface area contributed by atoms with Crippen molar-refractivity contribution in [1.82, 2.24) is 19.9 Å². The van der Waals surface area contributed by atoms with Crippen LogP contribution in [0.5, 0.6) is 11.9 Å². The lowest BCUT2D eigenvalue weighted by molar-refractivity contribution is -0.120. The first-order valence-corrected chi connectivity index (χ1v) is 9.44. The maximum atomic E-state index is 11.0. The van der Waals surface area contributed by atoms with Crippen LogP contribution in [-0.2, 0) is 16.6 Å². The number of ether oxygens (including phenoxy) is 3. The number of amides is 1. The van der Waals surface area contributed by atoms with Crippen molar-refractivity contribution in [3.8, 4) is 11.9 Å². The fraction of sp³-hybridized carbons (Fsp3) is 0.632. The third kappa shape index (κ3) is 4.88.